The molecule has 0 aliphatic rings. The fourth-order valence-electron chi connectivity index (χ4n) is 2.66. The molecule has 0 saturated carbocycles. The van der Waals surface area contributed by atoms with Crippen LogP contribution in [0.2, 0.25) is 0 Å². The third-order valence-electron chi connectivity index (χ3n) is 3.78. The van der Waals surface area contributed by atoms with Crippen LogP contribution in [0, 0.1) is 0 Å². The van der Waals surface area contributed by atoms with Gasteiger partial charge in [0.25, 0.3) is 10.0 Å². The van der Waals surface area contributed by atoms with E-state index in [-0.39, 0.29) is 27.1 Å². The monoisotopic (exact) mass is 359 g/mol. The molecule has 1 heterocycles. The average Bonchev–Trinajstić information content (AvgIpc) is 3.02. The molecule has 1 N–H and O–H groups in total. The number of benzene rings is 2. The first-order valence-electron chi connectivity index (χ1n) is 7.13. The summed E-state index contributed by atoms with van der Waals surface area (Å²) in [5.74, 6) is -1.19. The molecule has 0 amide bonds. The number of aromatic nitrogens is 1. The van der Waals surface area contributed by atoms with Crippen molar-refractivity contribution in [1.82, 2.24) is 3.97 Å². The molecule has 128 valence electrons. The maximum Gasteiger partial charge on any atom is 0.353 e. The Morgan fingerprint density at radius 2 is 1.84 bits per heavy atom. The van der Waals surface area contributed by atoms with Crippen molar-refractivity contribution in [2.45, 2.75) is 4.90 Å². The molecule has 0 unspecified atom stereocenters. The number of methoxy groups -OCH3 is 1. The normalized spacial score (nSPS) is 11.4. The maximum atomic E-state index is 13.0. The van der Waals surface area contributed by atoms with Crippen LogP contribution in [0.3, 0.4) is 0 Å². The third kappa shape index (κ3) is 2.56. The Morgan fingerprint density at radius 3 is 2.40 bits per heavy atom. The number of ether oxygens (including phenoxy) is 1. The van der Waals surface area contributed by atoms with Crippen molar-refractivity contribution in [1.29, 1.82) is 0 Å². The summed E-state index contributed by atoms with van der Waals surface area (Å²) in [5.41, 5.74) is -0.288. The molecule has 0 aliphatic heterocycles. The molecule has 0 bridgehead atoms. The van der Waals surface area contributed by atoms with Gasteiger partial charge in [0, 0.05) is 5.39 Å². The molecule has 7 nitrogen and oxygen atoms in total. The highest BCUT2D eigenvalue weighted by atomic mass is 32.2. The molecular weight excluding hydrogens is 346 g/mol. The molecule has 3 aromatic rings. The molecule has 25 heavy (non-hydrogen) atoms. The van der Waals surface area contributed by atoms with Gasteiger partial charge in [-0.05, 0) is 30.3 Å². The minimum Gasteiger partial charge on any atom is -0.496 e. The zero-order chi connectivity index (χ0) is 18.2. The number of hydrogen-bond donors (Lipinski definition) is 1. The summed E-state index contributed by atoms with van der Waals surface area (Å²) < 4.78 is 31.8. The first kappa shape index (κ1) is 16.7. The van der Waals surface area contributed by atoms with E-state index in [9.17, 15) is 23.1 Å². The second-order valence-electron chi connectivity index (χ2n) is 5.15. The highest BCUT2D eigenvalue weighted by Gasteiger charge is 2.27. The average molecular weight is 359 g/mol. The van der Waals surface area contributed by atoms with E-state index >= 15 is 0 Å². The smallest absolute Gasteiger partial charge is 0.353 e. The summed E-state index contributed by atoms with van der Waals surface area (Å²) in [6, 6.07) is 11.5. The molecule has 8 heteroatoms. The lowest BCUT2D eigenvalue weighted by atomic mass is 10.1. The molecule has 3 rings (SSSR count). The van der Waals surface area contributed by atoms with Crippen molar-refractivity contribution in [3.05, 3.63) is 59.8 Å². The van der Waals surface area contributed by atoms with Gasteiger partial charge in [-0.2, -0.15) is 0 Å². The number of hydrogen-bond acceptors (Lipinski definition) is 5. The molecule has 0 aliphatic carbocycles. The summed E-state index contributed by atoms with van der Waals surface area (Å²) in [6.45, 7) is 0. The second kappa shape index (κ2) is 6.06. The highest BCUT2D eigenvalue weighted by Crippen LogP contribution is 2.32. The van der Waals surface area contributed by atoms with E-state index in [0.717, 1.165) is 10.0 Å². The maximum absolute atomic E-state index is 13.0. The Balaban J connectivity index is 2.44. The van der Waals surface area contributed by atoms with Crippen molar-refractivity contribution in [2.75, 3.05) is 7.11 Å². The summed E-state index contributed by atoms with van der Waals surface area (Å²) >= 11 is 0. The van der Waals surface area contributed by atoms with E-state index in [1.165, 1.54) is 31.4 Å². The van der Waals surface area contributed by atoms with Crippen molar-refractivity contribution in [2.24, 2.45) is 0 Å². The number of carboxylic acid groups (broad SMARTS) is 1. The molecule has 0 radical (unpaired) electrons. The number of fused-ring (bicyclic) bond motifs is 1. The summed E-state index contributed by atoms with van der Waals surface area (Å²) in [5, 5.41) is 9.65. The van der Waals surface area contributed by atoms with E-state index < -0.39 is 21.7 Å². The molecule has 0 fully saturated rings. The number of carbonyl (C=O) groups is 2. The van der Waals surface area contributed by atoms with Gasteiger partial charge in [-0.25, -0.2) is 17.2 Å². The van der Waals surface area contributed by atoms with E-state index in [1.807, 2.05) is 0 Å². The van der Waals surface area contributed by atoms with E-state index in [4.69, 9.17) is 4.74 Å². The van der Waals surface area contributed by atoms with Gasteiger partial charge in [-0.3, -0.25) is 4.79 Å². The Labute approximate surface area is 143 Å². The van der Waals surface area contributed by atoms with Gasteiger partial charge in [0.1, 0.15) is 11.4 Å². The van der Waals surface area contributed by atoms with Crippen LogP contribution >= 0.6 is 0 Å². The van der Waals surface area contributed by atoms with Crippen LogP contribution in [0.1, 0.15) is 20.8 Å². The van der Waals surface area contributed by atoms with Crippen LogP contribution in [0.5, 0.6) is 5.75 Å². The fourth-order valence-corrected chi connectivity index (χ4v) is 4.18. The highest BCUT2D eigenvalue weighted by molar-refractivity contribution is 7.90. The van der Waals surface area contributed by atoms with Gasteiger partial charge in [0.2, 0.25) is 0 Å². The summed E-state index contributed by atoms with van der Waals surface area (Å²) in [4.78, 5) is 23.0. The predicted octanol–water partition coefficient (Wildman–Crippen LogP) is 2.40. The lowest BCUT2D eigenvalue weighted by Gasteiger charge is -2.11. The Bertz CT molecular complexity index is 1080. The summed E-state index contributed by atoms with van der Waals surface area (Å²) in [6.07, 6.45) is 0.506. The quantitative estimate of drug-likeness (QED) is 0.702. The number of rotatable bonds is 5. The first-order valence-corrected chi connectivity index (χ1v) is 8.57. The van der Waals surface area contributed by atoms with Crippen LogP contribution in [0.15, 0.2) is 53.4 Å². The number of carbonyl (C=O) groups excluding carboxylic acids is 1. The van der Waals surface area contributed by atoms with E-state index in [1.54, 1.807) is 18.2 Å². The number of carboxylic acids is 1. The van der Waals surface area contributed by atoms with Crippen molar-refractivity contribution < 1.29 is 27.9 Å². The lowest BCUT2D eigenvalue weighted by molar-refractivity contribution is 0.0689. The van der Waals surface area contributed by atoms with Gasteiger partial charge < -0.3 is 9.84 Å². The Kier molecular flexibility index (Phi) is 4.05. The molecule has 0 saturated heterocycles. The molecule has 0 spiro atoms. The van der Waals surface area contributed by atoms with Crippen LogP contribution < -0.4 is 4.74 Å². The zero-order valence-corrected chi connectivity index (χ0v) is 13.9. The van der Waals surface area contributed by atoms with Gasteiger partial charge in [-0.1, -0.05) is 18.2 Å². The SMILES string of the molecule is COc1ccc2c(cc(C(=O)O)n2S(=O)(=O)c2ccccc2)c1C=O. The third-order valence-corrected chi connectivity index (χ3v) is 5.52. The van der Waals surface area contributed by atoms with E-state index in [0.29, 0.717) is 6.29 Å². The largest absolute Gasteiger partial charge is 0.496 e. The molecular formula is C17H13NO6S. The van der Waals surface area contributed by atoms with Gasteiger partial charge in [0.15, 0.2) is 6.29 Å². The Hall–Kier alpha value is -3.13. The van der Waals surface area contributed by atoms with Crippen molar-refractivity contribution >= 4 is 33.2 Å². The molecule has 1 aromatic heterocycles. The topological polar surface area (TPSA) is 103 Å². The minimum absolute atomic E-state index is 0.0570. The van der Waals surface area contributed by atoms with Crippen LogP contribution in [-0.2, 0) is 10.0 Å². The lowest BCUT2D eigenvalue weighted by Crippen LogP contribution is -2.18. The van der Waals surface area contributed by atoms with Gasteiger partial charge >= 0.3 is 5.97 Å². The predicted molar refractivity (Wildman–Crippen MR) is 89.9 cm³/mol. The Morgan fingerprint density at radius 1 is 1.16 bits per heavy atom. The van der Waals surface area contributed by atoms with Crippen LogP contribution in [0.25, 0.3) is 10.9 Å². The fraction of sp³-hybridized carbons (Fsp3) is 0.0588. The number of aldehydes is 1. The summed E-state index contributed by atoms with van der Waals surface area (Å²) in [7, 11) is -2.80. The van der Waals surface area contributed by atoms with Crippen LogP contribution in [-0.4, -0.2) is 36.9 Å². The molecule has 2 aromatic carbocycles. The van der Waals surface area contributed by atoms with Crippen LogP contribution in [0.4, 0.5) is 0 Å². The van der Waals surface area contributed by atoms with Gasteiger partial charge in [-0.15, -0.1) is 0 Å². The number of nitrogens with zero attached hydrogens (tertiary/aromatic N) is 1. The molecule has 0 atom stereocenters. The van der Waals surface area contributed by atoms with E-state index in [2.05, 4.69) is 0 Å². The van der Waals surface area contributed by atoms with Crippen molar-refractivity contribution in [3.63, 3.8) is 0 Å². The minimum atomic E-state index is -4.16. The van der Waals surface area contributed by atoms with Crippen molar-refractivity contribution in [3.8, 4) is 5.75 Å². The zero-order valence-electron chi connectivity index (χ0n) is 13.0. The standard InChI is InChI=1S/C17H13NO6S/c1-24-16-8-7-14-12(13(16)10-19)9-15(17(20)21)18(14)25(22,23)11-5-3-2-4-6-11/h2-10H,1H3,(H,20,21). The number of aromatic carboxylic acids is 1. The first-order chi connectivity index (χ1) is 11.9. The van der Waals surface area contributed by atoms with Gasteiger partial charge in [0.05, 0.1) is 23.1 Å². The second-order valence-corrected chi connectivity index (χ2v) is 6.94.